The molecule has 0 aliphatic heterocycles. The maximum Gasteiger partial charge on any atom is 0.220 e. The van der Waals surface area contributed by atoms with E-state index in [9.17, 15) is 14.4 Å². The quantitative estimate of drug-likeness (QED) is 0.896. The van der Waals surface area contributed by atoms with Crippen molar-refractivity contribution in [2.24, 2.45) is 23.2 Å². The predicted molar refractivity (Wildman–Crippen MR) is 100 cm³/mol. The Labute approximate surface area is 155 Å². The van der Waals surface area contributed by atoms with Crippen molar-refractivity contribution in [1.82, 2.24) is 5.32 Å². The van der Waals surface area contributed by atoms with Gasteiger partial charge in [0.15, 0.2) is 0 Å². The number of nitrogens with one attached hydrogen (secondary N) is 1. The number of carbonyl (C=O) groups is 3. The van der Waals surface area contributed by atoms with Crippen LogP contribution in [0.15, 0.2) is 30.3 Å². The van der Waals surface area contributed by atoms with Crippen LogP contribution in [0.25, 0.3) is 0 Å². The molecule has 0 spiro atoms. The van der Waals surface area contributed by atoms with Crippen molar-refractivity contribution >= 4 is 17.5 Å². The highest BCUT2D eigenvalue weighted by molar-refractivity contribution is 5.88. The fraction of sp³-hybridized carbons (Fsp3) is 0.591. The fourth-order valence-electron chi connectivity index (χ4n) is 4.81. The van der Waals surface area contributed by atoms with Crippen molar-refractivity contribution in [2.75, 3.05) is 0 Å². The van der Waals surface area contributed by atoms with Crippen molar-refractivity contribution in [3.8, 4) is 0 Å². The summed E-state index contributed by atoms with van der Waals surface area (Å²) in [5, 5.41) is 2.97. The minimum atomic E-state index is -0.262. The third-order valence-corrected chi connectivity index (χ3v) is 5.89. The van der Waals surface area contributed by atoms with Gasteiger partial charge in [0.05, 0.1) is 0 Å². The van der Waals surface area contributed by atoms with Crippen molar-refractivity contribution in [3.63, 3.8) is 0 Å². The summed E-state index contributed by atoms with van der Waals surface area (Å²) >= 11 is 0. The Kier molecular flexibility index (Phi) is 5.59. The zero-order chi connectivity index (χ0) is 18.7. The summed E-state index contributed by atoms with van der Waals surface area (Å²) in [4.78, 5) is 37.6. The molecule has 1 N–H and O–H groups in total. The van der Waals surface area contributed by atoms with Gasteiger partial charge >= 0.3 is 0 Å². The third kappa shape index (κ3) is 4.60. The zero-order valence-electron chi connectivity index (χ0n) is 15.8. The number of hydrogen-bond acceptors (Lipinski definition) is 3. The highest BCUT2D eigenvalue weighted by Gasteiger charge is 2.45. The van der Waals surface area contributed by atoms with E-state index < -0.39 is 0 Å². The van der Waals surface area contributed by atoms with Crippen LogP contribution in [0.4, 0.5) is 0 Å². The molecule has 0 saturated heterocycles. The average molecular weight is 355 g/mol. The zero-order valence-corrected chi connectivity index (χ0v) is 15.8. The number of ketones is 2. The van der Waals surface area contributed by atoms with Crippen LogP contribution in [-0.4, -0.2) is 17.5 Å². The molecule has 1 aromatic carbocycles. The number of Topliss-reactive ketones (excluding diaryl/α,β-unsaturated/α-hetero) is 2. The lowest BCUT2D eigenvalue weighted by Gasteiger charge is -2.32. The van der Waals surface area contributed by atoms with Crippen LogP contribution in [0.3, 0.4) is 0 Å². The highest BCUT2D eigenvalue weighted by atomic mass is 16.2. The molecule has 1 unspecified atom stereocenters. The Morgan fingerprint density at radius 2 is 1.85 bits per heavy atom. The number of hydrogen-bond donors (Lipinski definition) is 1. The van der Waals surface area contributed by atoms with Gasteiger partial charge in [0.1, 0.15) is 11.6 Å². The normalized spacial score (nSPS) is 28.2. The number of amides is 1. The van der Waals surface area contributed by atoms with Crippen molar-refractivity contribution in [2.45, 2.75) is 58.9 Å². The molecule has 3 atom stereocenters. The SMILES string of the molecule is CC1(C)CC(=O)C[C@H]2CCC(CC(=O)NCc3ccccc3)[C@H]2C(=O)C1. The molecule has 26 heavy (non-hydrogen) atoms. The molecule has 1 amide bonds. The molecule has 2 aliphatic rings. The van der Waals surface area contributed by atoms with Crippen LogP contribution in [-0.2, 0) is 20.9 Å². The van der Waals surface area contributed by atoms with Crippen LogP contribution in [0, 0.1) is 23.2 Å². The Bertz CT molecular complexity index is 680. The largest absolute Gasteiger partial charge is 0.352 e. The Morgan fingerprint density at radius 1 is 1.12 bits per heavy atom. The van der Waals surface area contributed by atoms with Crippen molar-refractivity contribution in [3.05, 3.63) is 35.9 Å². The first-order valence-corrected chi connectivity index (χ1v) is 9.69. The molecule has 4 heteroatoms. The van der Waals surface area contributed by atoms with Crippen molar-refractivity contribution in [1.29, 1.82) is 0 Å². The molecular formula is C22H29NO3. The van der Waals surface area contributed by atoms with Crippen LogP contribution in [0.2, 0.25) is 0 Å². The van der Waals surface area contributed by atoms with E-state index in [2.05, 4.69) is 5.32 Å². The van der Waals surface area contributed by atoms with Gasteiger partial charge in [-0.05, 0) is 35.7 Å². The van der Waals surface area contributed by atoms with E-state index in [0.29, 0.717) is 32.2 Å². The second-order valence-corrected chi connectivity index (χ2v) is 8.82. The lowest BCUT2D eigenvalue weighted by Crippen LogP contribution is -2.36. The molecule has 4 nitrogen and oxygen atoms in total. The lowest BCUT2D eigenvalue weighted by molar-refractivity contribution is -0.132. The molecule has 2 fully saturated rings. The van der Waals surface area contributed by atoms with Gasteiger partial charge in [-0.3, -0.25) is 14.4 Å². The summed E-state index contributed by atoms with van der Waals surface area (Å²) in [7, 11) is 0. The van der Waals surface area contributed by atoms with E-state index in [-0.39, 0.29) is 40.6 Å². The second kappa shape index (κ2) is 7.73. The smallest absolute Gasteiger partial charge is 0.220 e. The molecule has 3 rings (SSSR count). The van der Waals surface area contributed by atoms with E-state index in [1.54, 1.807) is 0 Å². The third-order valence-electron chi connectivity index (χ3n) is 5.89. The average Bonchev–Trinajstić information content (AvgIpc) is 2.93. The maximum atomic E-state index is 12.9. The second-order valence-electron chi connectivity index (χ2n) is 8.82. The van der Waals surface area contributed by atoms with Gasteiger partial charge in [-0.1, -0.05) is 44.2 Å². The maximum absolute atomic E-state index is 12.9. The molecule has 0 heterocycles. The van der Waals surface area contributed by atoms with Gasteiger partial charge < -0.3 is 5.32 Å². The van der Waals surface area contributed by atoms with Crippen LogP contribution in [0.5, 0.6) is 0 Å². The Balaban J connectivity index is 1.62. The first-order chi connectivity index (χ1) is 12.3. The molecule has 0 radical (unpaired) electrons. The molecule has 0 bridgehead atoms. The van der Waals surface area contributed by atoms with Crippen LogP contribution < -0.4 is 5.32 Å². The summed E-state index contributed by atoms with van der Waals surface area (Å²) in [6.45, 7) is 4.51. The number of benzene rings is 1. The predicted octanol–water partition coefficient (Wildman–Crippen LogP) is 3.68. The monoisotopic (exact) mass is 355 g/mol. The van der Waals surface area contributed by atoms with E-state index in [1.807, 2.05) is 44.2 Å². The highest BCUT2D eigenvalue weighted by Crippen LogP contribution is 2.46. The minimum Gasteiger partial charge on any atom is -0.352 e. The van der Waals surface area contributed by atoms with Crippen LogP contribution in [0.1, 0.15) is 57.9 Å². The van der Waals surface area contributed by atoms with Gasteiger partial charge in [-0.2, -0.15) is 0 Å². The van der Waals surface area contributed by atoms with E-state index >= 15 is 0 Å². The standard InChI is InChI=1S/C22H29NO3/c1-22(2)12-18(24)10-16-8-9-17(21(16)19(25)13-22)11-20(26)23-14-15-6-4-3-5-7-15/h3-7,16-17,21H,8-14H2,1-2H3,(H,23,26)/t16-,17?,21+/m1/s1. The molecule has 0 aromatic heterocycles. The molecule has 2 saturated carbocycles. The summed E-state index contributed by atoms with van der Waals surface area (Å²) in [5.41, 5.74) is 0.807. The number of rotatable bonds is 4. The Morgan fingerprint density at radius 3 is 2.58 bits per heavy atom. The summed E-state index contributed by atoms with van der Waals surface area (Å²) in [5.74, 6) is 0.612. The fourth-order valence-corrected chi connectivity index (χ4v) is 4.81. The molecule has 2 aliphatic carbocycles. The summed E-state index contributed by atoms with van der Waals surface area (Å²) < 4.78 is 0. The van der Waals surface area contributed by atoms with Gasteiger partial charge in [0.25, 0.3) is 0 Å². The van der Waals surface area contributed by atoms with E-state index in [4.69, 9.17) is 0 Å². The van der Waals surface area contributed by atoms with Crippen molar-refractivity contribution < 1.29 is 14.4 Å². The first kappa shape index (κ1) is 18.8. The summed E-state index contributed by atoms with van der Waals surface area (Å²) in [6.07, 6.45) is 3.58. The van der Waals surface area contributed by atoms with E-state index in [0.717, 1.165) is 18.4 Å². The Hall–Kier alpha value is -1.97. The van der Waals surface area contributed by atoms with Crippen LogP contribution >= 0.6 is 0 Å². The molecule has 1 aromatic rings. The number of fused-ring (bicyclic) bond motifs is 1. The molecular weight excluding hydrogens is 326 g/mol. The van der Waals surface area contributed by atoms with Gasteiger partial charge in [-0.25, -0.2) is 0 Å². The van der Waals surface area contributed by atoms with E-state index in [1.165, 1.54) is 0 Å². The topological polar surface area (TPSA) is 63.2 Å². The minimum absolute atomic E-state index is 0.0000470. The number of carbonyl (C=O) groups excluding carboxylic acids is 3. The van der Waals surface area contributed by atoms with Gasteiger partial charge in [-0.15, -0.1) is 0 Å². The lowest BCUT2D eigenvalue weighted by atomic mass is 9.70. The first-order valence-electron chi connectivity index (χ1n) is 9.69. The van der Waals surface area contributed by atoms with Gasteiger partial charge in [0.2, 0.25) is 5.91 Å². The molecule has 140 valence electrons. The van der Waals surface area contributed by atoms with Gasteiger partial charge in [0, 0.05) is 38.1 Å². The summed E-state index contributed by atoms with van der Waals surface area (Å²) in [6, 6.07) is 9.83.